The first-order valence-electron chi connectivity index (χ1n) is 7.31. The van der Waals surface area contributed by atoms with Crippen molar-refractivity contribution in [2.75, 3.05) is 14.2 Å². The zero-order valence-corrected chi connectivity index (χ0v) is 13.2. The predicted octanol–water partition coefficient (Wildman–Crippen LogP) is 2.45. The fraction of sp³-hybridized carbons (Fsp3) is 0.688. The summed E-state index contributed by atoms with van der Waals surface area (Å²) in [6.45, 7) is 3.66. The van der Waals surface area contributed by atoms with Crippen LogP contribution in [0.15, 0.2) is 22.7 Å². The summed E-state index contributed by atoms with van der Waals surface area (Å²) in [7, 11) is 3.18. The molecule has 118 valence electrons. The van der Waals surface area contributed by atoms with E-state index in [1.807, 2.05) is 13.8 Å². The summed E-state index contributed by atoms with van der Waals surface area (Å²) in [6.07, 6.45) is 2.42. The van der Waals surface area contributed by atoms with Crippen LogP contribution in [-0.2, 0) is 19.0 Å². The number of allylic oxidation sites excluding steroid dienone is 3. The molecule has 1 heterocycles. The standard InChI is InChI=1S/C16H24O5/c1-16(2,20-4)13(17)9-11-12(19-3)7-5-10-6-8-14(18)21-15(10)11/h13,17H,5-9H2,1-4H3. The Balaban J connectivity index is 2.30. The van der Waals surface area contributed by atoms with Crippen LogP contribution in [0.1, 0.15) is 46.0 Å². The summed E-state index contributed by atoms with van der Waals surface area (Å²) < 4.78 is 16.2. The molecule has 21 heavy (non-hydrogen) atoms. The molecular formula is C16H24O5. The number of carbonyl (C=O) groups is 1. The van der Waals surface area contributed by atoms with Crippen molar-refractivity contribution in [2.24, 2.45) is 0 Å². The fourth-order valence-electron chi connectivity index (χ4n) is 2.67. The van der Waals surface area contributed by atoms with Crippen LogP contribution in [-0.4, -0.2) is 37.0 Å². The number of hydrogen-bond donors (Lipinski definition) is 1. The summed E-state index contributed by atoms with van der Waals surface area (Å²) in [5.74, 6) is 1.18. The van der Waals surface area contributed by atoms with Gasteiger partial charge < -0.3 is 19.3 Å². The second kappa shape index (κ2) is 6.20. The third-order valence-electron chi connectivity index (χ3n) is 4.40. The van der Waals surface area contributed by atoms with Gasteiger partial charge in [-0.2, -0.15) is 0 Å². The lowest BCUT2D eigenvalue weighted by molar-refractivity contribution is -0.140. The Bertz CT molecular complexity index is 487. The largest absolute Gasteiger partial charge is 0.501 e. The molecule has 0 aromatic heterocycles. The van der Waals surface area contributed by atoms with E-state index in [4.69, 9.17) is 14.2 Å². The van der Waals surface area contributed by atoms with Crippen molar-refractivity contribution in [3.8, 4) is 0 Å². The van der Waals surface area contributed by atoms with E-state index in [1.54, 1.807) is 14.2 Å². The highest BCUT2D eigenvalue weighted by Crippen LogP contribution is 2.39. The predicted molar refractivity (Wildman–Crippen MR) is 77.3 cm³/mol. The molecule has 5 heteroatoms. The number of aliphatic hydroxyl groups is 1. The maximum Gasteiger partial charge on any atom is 0.311 e. The van der Waals surface area contributed by atoms with Crippen LogP contribution in [0, 0.1) is 0 Å². The molecule has 2 rings (SSSR count). The smallest absolute Gasteiger partial charge is 0.311 e. The number of methoxy groups -OCH3 is 2. The summed E-state index contributed by atoms with van der Waals surface area (Å²) in [5, 5.41) is 10.4. The van der Waals surface area contributed by atoms with E-state index in [9.17, 15) is 9.90 Å². The van der Waals surface area contributed by atoms with E-state index >= 15 is 0 Å². The molecule has 0 amide bonds. The van der Waals surface area contributed by atoms with Gasteiger partial charge in [0.05, 0.1) is 18.8 Å². The summed E-state index contributed by atoms with van der Waals surface area (Å²) in [4.78, 5) is 11.6. The van der Waals surface area contributed by atoms with Gasteiger partial charge in [0.25, 0.3) is 0 Å². The summed E-state index contributed by atoms with van der Waals surface area (Å²) >= 11 is 0. The van der Waals surface area contributed by atoms with E-state index in [2.05, 4.69) is 0 Å². The lowest BCUT2D eigenvalue weighted by atomic mass is 9.86. The first-order valence-corrected chi connectivity index (χ1v) is 7.31. The highest BCUT2D eigenvalue weighted by atomic mass is 16.5. The van der Waals surface area contributed by atoms with Crippen LogP contribution in [0.2, 0.25) is 0 Å². The molecule has 0 radical (unpaired) electrons. The Morgan fingerprint density at radius 3 is 2.52 bits per heavy atom. The van der Waals surface area contributed by atoms with Crippen molar-refractivity contribution in [2.45, 2.75) is 57.7 Å². The van der Waals surface area contributed by atoms with Gasteiger partial charge in [-0.1, -0.05) is 0 Å². The van der Waals surface area contributed by atoms with Gasteiger partial charge in [0, 0.05) is 31.9 Å². The molecule has 1 atom stereocenters. The number of esters is 1. The van der Waals surface area contributed by atoms with E-state index < -0.39 is 11.7 Å². The number of aliphatic hydroxyl groups excluding tert-OH is 1. The first kappa shape index (κ1) is 16.0. The Hall–Kier alpha value is -1.33. The minimum Gasteiger partial charge on any atom is -0.501 e. The Kier molecular flexibility index (Phi) is 4.74. The van der Waals surface area contributed by atoms with Gasteiger partial charge in [0.2, 0.25) is 0 Å². The van der Waals surface area contributed by atoms with Crippen molar-refractivity contribution < 1.29 is 24.1 Å². The SMILES string of the molecule is COC1=C(CC(O)C(C)(C)OC)C2=C(CCC(=O)O2)CC1. The van der Waals surface area contributed by atoms with Gasteiger partial charge in [0.15, 0.2) is 0 Å². The van der Waals surface area contributed by atoms with E-state index in [0.29, 0.717) is 18.6 Å². The van der Waals surface area contributed by atoms with Crippen molar-refractivity contribution in [1.82, 2.24) is 0 Å². The highest BCUT2D eigenvalue weighted by molar-refractivity contribution is 5.73. The molecule has 1 aliphatic carbocycles. The van der Waals surface area contributed by atoms with Gasteiger partial charge in [-0.3, -0.25) is 4.79 Å². The number of ether oxygens (including phenoxy) is 3. The first-order chi connectivity index (χ1) is 9.89. The van der Waals surface area contributed by atoms with Gasteiger partial charge >= 0.3 is 5.97 Å². The third-order valence-corrected chi connectivity index (χ3v) is 4.40. The minimum atomic E-state index is -0.713. The van der Waals surface area contributed by atoms with Crippen molar-refractivity contribution >= 4 is 5.97 Å². The molecule has 1 aliphatic heterocycles. The van der Waals surface area contributed by atoms with Crippen LogP contribution >= 0.6 is 0 Å². The number of hydrogen-bond acceptors (Lipinski definition) is 5. The lowest BCUT2D eigenvalue weighted by Gasteiger charge is -2.33. The van der Waals surface area contributed by atoms with Gasteiger partial charge in [-0.15, -0.1) is 0 Å². The van der Waals surface area contributed by atoms with Crippen LogP contribution in [0.5, 0.6) is 0 Å². The average Bonchev–Trinajstić information content (AvgIpc) is 2.47. The molecule has 0 bridgehead atoms. The molecule has 0 saturated heterocycles. The molecule has 0 aromatic rings. The van der Waals surface area contributed by atoms with Gasteiger partial charge in [-0.05, 0) is 32.3 Å². The average molecular weight is 296 g/mol. The van der Waals surface area contributed by atoms with Crippen LogP contribution in [0.3, 0.4) is 0 Å². The maximum absolute atomic E-state index is 11.6. The quantitative estimate of drug-likeness (QED) is 0.789. The molecule has 5 nitrogen and oxygen atoms in total. The molecule has 0 saturated carbocycles. The summed E-state index contributed by atoms with van der Waals surface area (Å²) in [6, 6.07) is 0. The molecular weight excluding hydrogens is 272 g/mol. The van der Waals surface area contributed by atoms with Crippen LogP contribution in [0.4, 0.5) is 0 Å². The molecule has 0 aromatic carbocycles. The second-order valence-corrected chi connectivity index (χ2v) is 6.04. The fourth-order valence-corrected chi connectivity index (χ4v) is 2.67. The summed E-state index contributed by atoms with van der Waals surface area (Å²) in [5.41, 5.74) is 1.26. The lowest BCUT2D eigenvalue weighted by Crippen LogP contribution is -2.39. The van der Waals surface area contributed by atoms with E-state index in [1.165, 1.54) is 0 Å². The van der Waals surface area contributed by atoms with Crippen LogP contribution in [0.25, 0.3) is 0 Å². The molecule has 0 fully saturated rings. The topological polar surface area (TPSA) is 65.0 Å². The van der Waals surface area contributed by atoms with Crippen molar-refractivity contribution in [3.63, 3.8) is 0 Å². The Labute approximate surface area is 125 Å². The highest BCUT2D eigenvalue weighted by Gasteiger charge is 2.34. The van der Waals surface area contributed by atoms with Crippen molar-refractivity contribution in [3.05, 3.63) is 22.7 Å². The molecule has 2 aliphatic rings. The van der Waals surface area contributed by atoms with Crippen LogP contribution < -0.4 is 0 Å². The van der Waals surface area contributed by atoms with Crippen molar-refractivity contribution in [1.29, 1.82) is 0 Å². The Morgan fingerprint density at radius 1 is 1.24 bits per heavy atom. The van der Waals surface area contributed by atoms with Gasteiger partial charge in [-0.25, -0.2) is 0 Å². The molecule has 1 unspecified atom stereocenters. The van der Waals surface area contributed by atoms with E-state index in [-0.39, 0.29) is 5.97 Å². The third kappa shape index (κ3) is 3.30. The zero-order chi connectivity index (χ0) is 15.6. The minimum absolute atomic E-state index is 0.218. The monoisotopic (exact) mass is 296 g/mol. The Morgan fingerprint density at radius 2 is 1.90 bits per heavy atom. The van der Waals surface area contributed by atoms with E-state index in [0.717, 1.165) is 36.2 Å². The number of rotatable bonds is 5. The maximum atomic E-state index is 11.6. The number of carbonyl (C=O) groups excluding carboxylic acids is 1. The van der Waals surface area contributed by atoms with Gasteiger partial charge in [0.1, 0.15) is 11.5 Å². The molecule has 0 spiro atoms. The zero-order valence-electron chi connectivity index (χ0n) is 13.2. The second-order valence-electron chi connectivity index (χ2n) is 6.04. The molecule has 1 N–H and O–H groups in total. The normalized spacial score (nSPS) is 21.1.